The molecule has 2 aromatic carbocycles. The first kappa shape index (κ1) is 14.2. The summed E-state index contributed by atoms with van der Waals surface area (Å²) in [6.07, 6.45) is 4.78. The van der Waals surface area contributed by atoms with Crippen molar-refractivity contribution in [3.63, 3.8) is 0 Å². The van der Waals surface area contributed by atoms with Crippen LogP contribution in [0.25, 0.3) is 0 Å². The summed E-state index contributed by atoms with van der Waals surface area (Å²) in [5, 5.41) is 3.02. The number of hydrogen-bond acceptors (Lipinski definition) is 2. The number of aryl methyl sites for hydroxylation is 1. The lowest BCUT2D eigenvalue weighted by atomic mass is 9.97. The second kappa shape index (κ2) is 6.35. The van der Waals surface area contributed by atoms with Crippen molar-refractivity contribution < 1.29 is 4.79 Å². The number of nitrogens with one attached hydrogen (secondary N) is 1. The molecule has 2 nitrogen and oxygen atoms in total. The molecule has 1 N–H and O–H groups in total. The molecule has 0 radical (unpaired) electrons. The van der Waals surface area contributed by atoms with Crippen LogP contribution in [0, 0.1) is 0 Å². The minimum absolute atomic E-state index is 0.106. The van der Waals surface area contributed by atoms with Gasteiger partial charge in [-0.1, -0.05) is 30.3 Å². The van der Waals surface area contributed by atoms with Crippen LogP contribution in [-0.2, 0) is 11.2 Å². The second-order valence-electron chi connectivity index (χ2n) is 5.42. The zero-order chi connectivity index (χ0) is 14.7. The van der Waals surface area contributed by atoms with E-state index in [1.807, 2.05) is 30.5 Å². The number of carbonyl (C=O) groups is 1. The van der Waals surface area contributed by atoms with E-state index in [0.29, 0.717) is 12.3 Å². The highest BCUT2D eigenvalue weighted by Gasteiger charge is 2.24. The molecule has 0 spiro atoms. The summed E-state index contributed by atoms with van der Waals surface area (Å²) in [5.74, 6) is 0.472. The van der Waals surface area contributed by atoms with Crippen LogP contribution in [-0.4, -0.2) is 12.2 Å². The number of thioether (sulfide) groups is 1. The Labute approximate surface area is 130 Å². The molecule has 0 aliphatic heterocycles. The fourth-order valence-corrected chi connectivity index (χ4v) is 3.45. The number of rotatable bonds is 4. The van der Waals surface area contributed by atoms with Gasteiger partial charge in [-0.15, -0.1) is 11.8 Å². The lowest BCUT2D eigenvalue weighted by molar-refractivity contribution is -0.116. The summed E-state index contributed by atoms with van der Waals surface area (Å²) in [5.41, 5.74) is 3.64. The fraction of sp³-hybridized carbons (Fsp3) is 0.278. The van der Waals surface area contributed by atoms with Crippen molar-refractivity contribution in [1.29, 1.82) is 0 Å². The van der Waals surface area contributed by atoms with Gasteiger partial charge >= 0.3 is 0 Å². The maximum absolute atomic E-state index is 12.3. The molecule has 1 aliphatic rings. The highest BCUT2D eigenvalue weighted by molar-refractivity contribution is 7.98. The second-order valence-corrected chi connectivity index (χ2v) is 6.30. The van der Waals surface area contributed by atoms with Crippen LogP contribution in [0.4, 0.5) is 5.69 Å². The molecule has 1 atom stereocenters. The molecule has 108 valence electrons. The maximum Gasteiger partial charge on any atom is 0.224 e. The highest BCUT2D eigenvalue weighted by Crippen LogP contribution is 2.35. The van der Waals surface area contributed by atoms with E-state index in [1.165, 1.54) is 16.0 Å². The topological polar surface area (TPSA) is 29.1 Å². The summed E-state index contributed by atoms with van der Waals surface area (Å²) in [6.45, 7) is 0. The molecule has 21 heavy (non-hydrogen) atoms. The average molecular weight is 297 g/mol. The number of fused-ring (bicyclic) bond motifs is 1. The van der Waals surface area contributed by atoms with E-state index < -0.39 is 0 Å². The Kier molecular flexibility index (Phi) is 4.30. The average Bonchev–Trinajstić information content (AvgIpc) is 2.91. The fourth-order valence-electron chi connectivity index (χ4n) is 2.99. The largest absolute Gasteiger partial charge is 0.326 e. The van der Waals surface area contributed by atoms with Crippen LogP contribution in [0.2, 0.25) is 0 Å². The summed E-state index contributed by atoms with van der Waals surface area (Å²) < 4.78 is 0. The van der Waals surface area contributed by atoms with E-state index in [0.717, 1.165) is 18.5 Å². The van der Waals surface area contributed by atoms with Crippen molar-refractivity contribution in [2.45, 2.75) is 30.1 Å². The van der Waals surface area contributed by atoms with Gasteiger partial charge in [0.25, 0.3) is 0 Å². The molecule has 0 saturated heterocycles. The molecule has 0 saturated carbocycles. The van der Waals surface area contributed by atoms with Gasteiger partial charge in [-0.05, 0) is 54.3 Å². The molecule has 0 bridgehead atoms. The molecule has 2 aromatic rings. The van der Waals surface area contributed by atoms with Crippen molar-refractivity contribution in [3.05, 3.63) is 59.7 Å². The van der Waals surface area contributed by atoms with Gasteiger partial charge in [0.1, 0.15) is 0 Å². The molecular formula is C18H19NOS. The van der Waals surface area contributed by atoms with E-state index in [9.17, 15) is 4.79 Å². The van der Waals surface area contributed by atoms with Crippen LogP contribution in [0.1, 0.15) is 29.9 Å². The monoisotopic (exact) mass is 297 g/mol. The van der Waals surface area contributed by atoms with Gasteiger partial charge in [-0.2, -0.15) is 0 Å². The van der Waals surface area contributed by atoms with Crippen molar-refractivity contribution >= 4 is 23.4 Å². The number of hydrogen-bond donors (Lipinski definition) is 1. The van der Waals surface area contributed by atoms with Gasteiger partial charge in [0, 0.05) is 17.0 Å². The lowest BCUT2D eigenvalue weighted by Crippen LogP contribution is -2.14. The minimum Gasteiger partial charge on any atom is -0.326 e. The zero-order valence-corrected chi connectivity index (χ0v) is 13.0. The summed E-state index contributed by atoms with van der Waals surface area (Å²) >= 11 is 1.68. The maximum atomic E-state index is 12.3. The van der Waals surface area contributed by atoms with Crippen molar-refractivity contribution in [1.82, 2.24) is 0 Å². The highest BCUT2D eigenvalue weighted by atomic mass is 32.2. The van der Waals surface area contributed by atoms with Crippen LogP contribution >= 0.6 is 11.8 Å². The Morgan fingerprint density at radius 2 is 2.10 bits per heavy atom. The lowest BCUT2D eigenvalue weighted by Gasteiger charge is -2.12. The minimum atomic E-state index is 0.106. The number of benzene rings is 2. The van der Waals surface area contributed by atoms with Gasteiger partial charge in [-0.25, -0.2) is 0 Å². The van der Waals surface area contributed by atoms with E-state index in [4.69, 9.17) is 0 Å². The number of amides is 1. The standard InChI is InChI=1S/C18H19NOS/c1-21-16-7-4-6-15(12-16)19-18(20)11-14-10-9-13-5-2-3-8-17(13)14/h2-8,12,14H,9-11H2,1H3,(H,19,20). The Morgan fingerprint density at radius 1 is 1.24 bits per heavy atom. The first-order valence-corrected chi connectivity index (χ1v) is 8.50. The summed E-state index contributed by atoms with van der Waals surface area (Å²) in [7, 11) is 0. The third kappa shape index (κ3) is 3.30. The Bertz CT molecular complexity index is 653. The Balaban J connectivity index is 1.65. The normalized spacial score (nSPS) is 16.5. The molecule has 1 aliphatic carbocycles. The molecule has 1 unspecified atom stereocenters. The SMILES string of the molecule is CSc1cccc(NC(=O)CC2CCc3ccccc32)c1. The zero-order valence-electron chi connectivity index (χ0n) is 12.1. The third-order valence-electron chi connectivity index (χ3n) is 4.04. The molecule has 1 amide bonds. The van der Waals surface area contributed by atoms with Crippen molar-refractivity contribution in [3.8, 4) is 0 Å². The predicted molar refractivity (Wildman–Crippen MR) is 89.0 cm³/mol. The molecule has 0 aromatic heterocycles. The van der Waals surface area contributed by atoms with Gasteiger partial charge in [-0.3, -0.25) is 4.79 Å². The first-order valence-electron chi connectivity index (χ1n) is 7.28. The van der Waals surface area contributed by atoms with Crippen LogP contribution in [0.15, 0.2) is 53.4 Å². The van der Waals surface area contributed by atoms with E-state index >= 15 is 0 Å². The van der Waals surface area contributed by atoms with Crippen molar-refractivity contribution in [2.75, 3.05) is 11.6 Å². The van der Waals surface area contributed by atoms with E-state index in [-0.39, 0.29) is 5.91 Å². The number of carbonyl (C=O) groups excluding carboxylic acids is 1. The Hall–Kier alpha value is -1.74. The Morgan fingerprint density at radius 3 is 2.95 bits per heavy atom. The molecule has 0 heterocycles. The van der Waals surface area contributed by atoms with Gasteiger partial charge in [0.05, 0.1) is 0 Å². The summed E-state index contributed by atoms with van der Waals surface area (Å²) in [6, 6.07) is 16.5. The molecule has 0 fully saturated rings. The molecule has 3 rings (SSSR count). The van der Waals surface area contributed by atoms with Gasteiger partial charge < -0.3 is 5.32 Å². The third-order valence-corrected chi connectivity index (χ3v) is 4.77. The van der Waals surface area contributed by atoms with Gasteiger partial charge in [0.15, 0.2) is 0 Å². The summed E-state index contributed by atoms with van der Waals surface area (Å²) in [4.78, 5) is 13.4. The van der Waals surface area contributed by atoms with E-state index in [1.54, 1.807) is 11.8 Å². The first-order chi connectivity index (χ1) is 10.3. The number of anilines is 1. The van der Waals surface area contributed by atoms with Crippen LogP contribution in [0.5, 0.6) is 0 Å². The quantitative estimate of drug-likeness (QED) is 0.844. The van der Waals surface area contributed by atoms with Gasteiger partial charge in [0.2, 0.25) is 5.91 Å². The smallest absolute Gasteiger partial charge is 0.224 e. The molecular weight excluding hydrogens is 278 g/mol. The van der Waals surface area contributed by atoms with E-state index in [2.05, 4.69) is 29.6 Å². The molecule has 3 heteroatoms. The van der Waals surface area contributed by atoms with Crippen LogP contribution in [0.3, 0.4) is 0 Å². The van der Waals surface area contributed by atoms with Crippen LogP contribution < -0.4 is 5.32 Å². The van der Waals surface area contributed by atoms with Crippen molar-refractivity contribution in [2.24, 2.45) is 0 Å². The predicted octanol–water partition coefficient (Wildman–Crippen LogP) is 4.47.